The summed E-state index contributed by atoms with van der Waals surface area (Å²) in [5.74, 6) is 0.0304. The van der Waals surface area contributed by atoms with Crippen LogP contribution in [0.2, 0.25) is 5.02 Å². The molecule has 0 saturated heterocycles. The first-order chi connectivity index (χ1) is 15.9. The van der Waals surface area contributed by atoms with Crippen LogP contribution in [0.25, 0.3) is 11.1 Å². The number of aliphatic carboxylic acids is 1. The monoisotopic (exact) mass is 471 g/mol. The minimum Gasteiger partial charge on any atom is -0.497 e. The van der Waals surface area contributed by atoms with E-state index >= 15 is 0 Å². The summed E-state index contributed by atoms with van der Waals surface area (Å²) in [6, 6.07) is 18.0. The largest absolute Gasteiger partial charge is 0.497 e. The van der Waals surface area contributed by atoms with E-state index in [0.717, 1.165) is 22.4 Å². The maximum Gasteiger partial charge on any atom is 0.303 e. The zero-order valence-electron chi connectivity index (χ0n) is 18.6. The third-order valence-electron chi connectivity index (χ3n) is 5.27. The van der Waals surface area contributed by atoms with E-state index in [2.05, 4.69) is 12.2 Å². The number of nitrogens with one attached hydrogen (secondary N) is 1. The molecule has 0 spiro atoms. The van der Waals surface area contributed by atoms with Gasteiger partial charge in [0, 0.05) is 24.0 Å². The Labute approximate surface area is 198 Å². The van der Waals surface area contributed by atoms with Crippen LogP contribution < -0.4 is 14.8 Å². The molecule has 0 aromatic heterocycles. The van der Waals surface area contributed by atoms with Gasteiger partial charge in [-0.05, 0) is 78.1 Å². The van der Waals surface area contributed by atoms with Gasteiger partial charge in [0.05, 0.1) is 7.11 Å². The molecule has 5 nitrogen and oxygen atoms in total. The highest BCUT2D eigenvalue weighted by Crippen LogP contribution is 2.30. The molecular weight excluding hydrogens is 445 g/mol. The number of carboxylic acids is 1. The van der Waals surface area contributed by atoms with Crippen molar-refractivity contribution in [2.45, 2.75) is 25.8 Å². The lowest BCUT2D eigenvalue weighted by atomic mass is 10.00. The first-order valence-electron chi connectivity index (χ1n) is 10.7. The lowest BCUT2D eigenvalue weighted by molar-refractivity contribution is -0.136. The Kier molecular flexibility index (Phi) is 8.69. The second-order valence-corrected chi connectivity index (χ2v) is 8.11. The summed E-state index contributed by atoms with van der Waals surface area (Å²) < 4.78 is 25.2. The number of rotatable bonds is 11. The highest BCUT2D eigenvalue weighted by Gasteiger charge is 2.10. The summed E-state index contributed by atoms with van der Waals surface area (Å²) in [6.07, 6.45) is -0.0124. The summed E-state index contributed by atoms with van der Waals surface area (Å²) in [7, 11) is 1.65. The number of aryl methyl sites for hydroxylation is 1. The molecule has 3 rings (SSSR count). The third-order valence-corrected chi connectivity index (χ3v) is 5.49. The minimum atomic E-state index is -0.965. The van der Waals surface area contributed by atoms with Crippen molar-refractivity contribution >= 4 is 17.6 Å². The van der Waals surface area contributed by atoms with Gasteiger partial charge in [0.2, 0.25) is 0 Å². The van der Waals surface area contributed by atoms with Gasteiger partial charge in [-0.2, -0.15) is 0 Å². The zero-order chi connectivity index (χ0) is 23.8. The molecule has 3 aromatic rings. The number of halogens is 2. The molecule has 0 aliphatic heterocycles. The van der Waals surface area contributed by atoms with Gasteiger partial charge in [0.25, 0.3) is 0 Å². The van der Waals surface area contributed by atoms with Crippen LogP contribution in [0.5, 0.6) is 11.5 Å². The summed E-state index contributed by atoms with van der Waals surface area (Å²) in [6.45, 7) is 3.13. The number of benzene rings is 3. The molecule has 3 aromatic carbocycles. The molecule has 1 atom stereocenters. The number of hydrogen-bond acceptors (Lipinski definition) is 4. The highest BCUT2D eigenvalue weighted by molar-refractivity contribution is 6.31. The molecule has 0 aliphatic carbocycles. The molecule has 1 unspecified atom stereocenters. The van der Waals surface area contributed by atoms with Gasteiger partial charge in [-0.15, -0.1) is 0 Å². The second kappa shape index (κ2) is 11.7. The molecule has 0 heterocycles. The highest BCUT2D eigenvalue weighted by atomic mass is 35.5. The van der Waals surface area contributed by atoms with Gasteiger partial charge >= 0.3 is 5.97 Å². The Morgan fingerprint density at radius 3 is 2.67 bits per heavy atom. The fourth-order valence-corrected chi connectivity index (χ4v) is 3.70. The van der Waals surface area contributed by atoms with E-state index in [9.17, 15) is 9.18 Å². The van der Waals surface area contributed by atoms with E-state index in [1.165, 1.54) is 6.07 Å². The zero-order valence-corrected chi connectivity index (χ0v) is 19.4. The quantitative estimate of drug-likeness (QED) is 0.341. The topological polar surface area (TPSA) is 67.8 Å². The summed E-state index contributed by atoms with van der Waals surface area (Å²) in [5, 5.41) is 12.8. The maximum atomic E-state index is 14.1. The molecule has 7 heteroatoms. The van der Waals surface area contributed by atoms with Crippen molar-refractivity contribution < 1.29 is 23.8 Å². The van der Waals surface area contributed by atoms with Crippen molar-refractivity contribution in [3.05, 3.63) is 82.6 Å². The lowest BCUT2D eigenvalue weighted by Gasteiger charge is -2.16. The summed E-state index contributed by atoms with van der Waals surface area (Å²) >= 11 is 6.29. The molecule has 174 valence electrons. The van der Waals surface area contributed by atoms with Gasteiger partial charge in [-0.3, -0.25) is 4.79 Å². The minimum absolute atomic E-state index is 0.121. The van der Waals surface area contributed by atoms with Crippen molar-refractivity contribution in [3.63, 3.8) is 0 Å². The van der Waals surface area contributed by atoms with E-state index in [4.69, 9.17) is 26.2 Å². The lowest BCUT2D eigenvalue weighted by Crippen LogP contribution is -2.24. The van der Waals surface area contributed by atoms with Crippen molar-refractivity contribution in [1.82, 2.24) is 5.32 Å². The first kappa shape index (κ1) is 24.6. The molecular formula is C26H27ClFNO4. The Morgan fingerprint density at radius 1 is 1.09 bits per heavy atom. The normalized spacial score (nSPS) is 11.8. The number of carbonyl (C=O) groups is 1. The molecule has 0 amide bonds. The fraction of sp³-hybridized carbons (Fsp3) is 0.269. The van der Waals surface area contributed by atoms with Crippen molar-refractivity contribution in [2.24, 2.45) is 0 Å². The number of methoxy groups -OCH3 is 1. The molecule has 0 bridgehead atoms. The van der Waals surface area contributed by atoms with E-state index < -0.39 is 11.8 Å². The van der Waals surface area contributed by atoms with Crippen LogP contribution in [0.4, 0.5) is 4.39 Å². The van der Waals surface area contributed by atoms with E-state index in [1.807, 2.05) is 30.3 Å². The molecule has 0 aliphatic rings. The summed E-state index contributed by atoms with van der Waals surface area (Å²) in [5.41, 5.74) is 2.99. The predicted molar refractivity (Wildman–Crippen MR) is 128 cm³/mol. The number of carboxylic acid groups (broad SMARTS) is 1. The molecule has 33 heavy (non-hydrogen) atoms. The van der Waals surface area contributed by atoms with Crippen LogP contribution in [0.15, 0.2) is 60.7 Å². The van der Waals surface area contributed by atoms with E-state index in [-0.39, 0.29) is 18.9 Å². The van der Waals surface area contributed by atoms with Crippen LogP contribution in [0.3, 0.4) is 0 Å². The van der Waals surface area contributed by atoms with Crippen LogP contribution in [0, 0.1) is 5.82 Å². The van der Waals surface area contributed by atoms with Crippen LogP contribution >= 0.6 is 11.6 Å². The Morgan fingerprint density at radius 2 is 1.91 bits per heavy atom. The Bertz CT molecular complexity index is 1110. The predicted octanol–water partition coefficient (Wildman–Crippen LogP) is 5.90. The van der Waals surface area contributed by atoms with E-state index in [0.29, 0.717) is 29.5 Å². The Hall–Kier alpha value is -3.09. The molecule has 0 saturated carbocycles. The average Bonchev–Trinajstić information content (AvgIpc) is 2.80. The van der Waals surface area contributed by atoms with Crippen LogP contribution in [-0.4, -0.2) is 31.3 Å². The second-order valence-electron chi connectivity index (χ2n) is 7.68. The molecule has 2 N–H and O–H groups in total. The average molecular weight is 472 g/mol. The Balaban J connectivity index is 1.62. The van der Waals surface area contributed by atoms with Gasteiger partial charge in [0.1, 0.15) is 23.9 Å². The van der Waals surface area contributed by atoms with Gasteiger partial charge < -0.3 is 19.9 Å². The third kappa shape index (κ3) is 7.20. The summed E-state index contributed by atoms with van der Waals surface area (Å²) in [4.78, 5) is 10.8. The standard InChI is InChI=1S/C26H27ClFNO4/c1-17(18-4-3-5-23(14-18)32-2)29-10-11-33-24-15-21(13-22(27)16-24)19-6-8-25(28)20(12-19)7-9-26(30)31/h3-6,8,12-17,29H,7,9-11H2,1-2H3,(H,30,31). The van der Waals surface area contributed by atoms with Crippen LogP contribution in [-0.2, 0) is 11.2 Å². The maximum absolute atomic E-state index is 14.1. The van der Waals surface area contributed by atoms with E-state index in [1.54, 1.807) is 31.4 Å². The molecule has 0 radical (unpaired) electrons. The van der Waals surface area contributed by atoms with Gasteiger partial charge in [-0.1, -0.05) is 29.8 Å². The van der Waals surface area contributed by atoms with Crippen molar-refractivity contribution in [2.75, 3.05) is 20.3 Å². The first-order valence-corrected chi connectivity index (χ1v) is 11.0. The molecule has 0 fully saturated rings. The van der Waals surface area contributed by atoms with Crippen molar-refractivity contribution in [3.8, 4) is 22.6 Å². The van der Waals surface area contributed by atoms with Crippen molar-refractivity contribution in [1.29, 1.82) is 0 Å². The van der Waals surface area contributed by atoms with Gasteiger partial charge in [-0.25, -0.2) is 4.39 Å². The fourth-order valence-electron chi connectivity index (χ4n) is 3.47. The van der Waals surface area contributed by atoms with Gasteiger partial charge in [0.15, 0.2) is 0 Å². The SMILES string of the molecule is COc1cccc(C(C)NCCOc2cc(Cl)cc(-c3ccc(F)c(CCC(=O)O)c3)c2)c1. The number of ether oxygens (including phenoxy) is 2. The number of hydrogen-bond donors (Lipinski definition) is 2. The van der Waals surface area contributed by atoms with Crippen LogP contribution in [0.1, 0.15) is 30.5 Å². The smallest absolute Gasteiger partial charge is 0.303 e.